The van der Waals surface area contributed by atoms with Gasteiger partial charge in [-0.25, -0.2) is 8.42 Å². The van der Waals surface area contributed by atoms with Crippen molar-refractivity contribution in [1.29, 1.82) is 0 Å². The summed E-state index contributed by atoms with van der Waals surface area (Å²) in [5, 5.41) is 9.18. The highest BCUT2D eigenvalue weighted by molar-refractivity contribution is 7.91. The van der Waals surface area contributed by atoms with Crippen molar-refractivity contribution < 1.29 is 18.3 Å². The molecule has 1 aliphatic rings. The third kappa shape index (κ3) is 3.42. The van der Waals surface area contributed by atoms with E-state index in [1.54, 1.807) is 6.92 Å². The van der Waals surface area contributed by atoms with Crippen molar-refractivity contribution in [3.05, 3.63) is 0 Å². The maximum absolute atomic E-state index is 11.4. The van der Waals surface area contributed by atoms with Gasteiger partial charge in [-0.15, -0.1) is 0 Å². The van der Waals surface area contributed by atoms with Crippen LogP contribution in [-0.4, -0.2) is 55.5 Å². The summed E-state index contributed by atoms with van der Waals surface area (Å²) in [6, 6.07) is -0.0368. The molecule has 0 radical (unpaired) electrons. The lowest BCUT2D eigenvalue weighted by Gasteiger charge is -2.32. The molecule has 1 heterocycles. The minimum atomic E-state index is -2.91. The van der Waals surface area contributed by atoms with Crippen molar-refractivity contribution in [2.24, 2.45) is 5.41 Å². The molecule has 0 bridgehead atoms. The van der Waals surface area contributed by atoms with E-state index in [2.05, 4.69) is 0 Å². The molecule has 1 rings (SSSR count). The number of rotatable bonds is 5. The summed E-state index contributed by atoms with van der Waals surface area (Å²) in [6.07, 6.45) is 1.14. The lowest BCUT2D eigenvalue weighted by molar-refractivity contribution is -0.149. The highest BCUT2D eigenvalue weighted by atomic mass is 32.2. The van der Waals surface area contributed by atoms with Crippen molar-refractivity contribution in [1.82, 2.24) is 4.90 Å². The van der Waals surface area contributed by atoms with Gasteiger partial charge in [-0.1, -0.05) is 6.92 Å². The second kappa shape index (κ2) is 4.94. The zero-order chi connectivity index (χ0) is 13.3. The molecular weight excluding hydrogens is 242 g/mol. The van der Waals surface area contributed by atoms with Crippen molar-refractivity contribution in [3.63, 3.8) is 0 Å². The van der Waals surface area contributed by atoms with E-state index in [0.717, 1.165) is 0 Å². The Labute approximate surface area is 103 Å². The first-order valence-electron chi connectivity index (χ1n) is 5.84. The number of carbonyl (C=O) groups is 1. The molecule has 1 N–H and O–H groups in total. The van der Waals surface area contributed by atoms with Gasteiger partial charge in [0.05, 0.1) is 16.9 Å². The fourth-order valence-corrected chi connectivity index (χ4v) is 3.94. The number of carboxylic acids is 1. The lowest BCUT2D eigenvalue weighted by atomic mass is 9.87. The summed E-state index contributed by atoms with van der Waals surface area (Å²) in [5.74, 6) is -0.450. The van der Waals surface area contributed by atoms with E-state index in [1.165, 1.54) is 0 Å². The standard InChI is InChI=1S/C11H21NO4S/c1-4-11(2,10(13)14)8-12(3)9-5-6-17(15,16)7-9/h9H,4-8H2,1-3H3,(H,13,14). The average molecular weight is 263 g/mol. The minimum absolute atomic E-state index is 0.0368. The van der Waals surface area contributed by atoms with E-state index >= 15 is 0 Å². The lowest BCUT2D eigenvalue weighted by Crippen LogP contribution is -2.44. The van der Waals surface area contributed by atoms with Crippen LogP contribution in [0.2, 0.25) is 0 Å². The van der Waals surface area contributed by atoms with E-state index in [4.69, 9.17) is 0 Å². The molecule has 2 atom stereocenters. The Balaban J connectivity index is 2.66. The molecule has 0 spiro atoms. The summed E-state index contributed by atoms with van der Waals surface area (Å²) >= 11 is 0. The Kier molecular flexibility index (Phi) is 4.19. The van der Waals surface area contributed by atoms with Crippen molar-refractivity contribution in [2.75, 3.05) is 25.1 Å². The molecule has 5 nitrogen and oxygen atoms in total. The quantitative estimate of drug-likeness (QED) is 0.786. The SMILES string of the molecule is CCC(C)(CN(C)C1CCS(=O)(=O)C1)C(=O)O. The van der Waals surface area contributed by atoms with Crippen LogP contribution in [-0.2, 0) is 14.6 Å². The maximum Gasteiger partial charge on any atom is 0.310 e. The molecule has 6 heteroatoms. The van der Waals surface area contributed by atoms with Crippen LogP contribution in [0.3, 0.4) is 0 Å². The number of hydrogen-bond acceptors (Lipinski definition) is 4. The zero-order valence-electron chi connectivity index (χ0n) is 10.6. The van der Waals surface area contributed by atoms with Gasteiger partial charge in [0.1, 0.15) is 0 Å². The van der Waals surface area contributed by atoms with Gasteiger partial charge in [-0.2, -0.15) is 0 Å². The van der Waals surface area contributed by atoms with Gasteiger partial charge in [-0.3, -0.25) is 4.79 Å². The fourth-order valence-electron chi connectivity index (χ4n) is 2.13. The van der Waals surface area contributed by atoms with Crippen molar-refractivity contribution >= 4 is 15.8 Å². The number of carboxylic acid groups (broad SMARTS) is 1. The Bertz CT molecular complexity index is 392. The Hall–Kier alpha value is -0.620. The number of nitrogens with zero attached hydrogens (tertiary/aromatic N) is 1. The van der Waals surface area contributed by atoms with E-state index in [1.807, 2.05) is 18.9 Å². The largest absolute Gasteiger partial charge is 0.481 e. The fraction of sp³-hybridized carbons (Fsp3) is 0.909. The monoisotopic (exact) mass is 263 g/mol. The van der Waals surface area contributed by atoms with Crippen LogP contribution in [0, 0.1) is 5.41 Å². The molecule has 0 amide bonds. The van der Waals surface area contributed by atoms with Gasteiger partial charge in [0.25, 0.3) is 0 Å². The number of aliphatic carboxylic acids is 1. The third-order valence-electron chi connectivity index (χ3n) is 3.73. The summed E-state index contributed by atoms with van der Waals surface area (Å²) in [4.78, 5) is 13.1. The smallest absolute Gasteiger partial charge is 0.310 e. The minimum Gasteiger partial charge on any atom is -0.481 e. The molecule has 0 aromatic heterocycles. The van der Waals surface area contributed by atoms with E-state index in [9.17, 15) is 18.3 Å². The first kappa shape index (κ1) is 14.4. The van der Waals surface area contributed by atoms with E-state index < -0.39 is 21.2 Å². The average Bonchev–Trinajstić information content (AvgIpc) is 2.58. The van der Waals surface area contributed by atoms with Gasteiger partial charge in [0, 0.05) is 12.6 Å². The van der Waals surface area contributed by atoms with Crippen LogP contribution in [0.5, 0.6) is 0 Å². The van der Waals surface area contributed by atoms with Crippen LogP contribution >= 0.6 is 0 Å². The molecule has 0 aromatic rings. The molecule has 17 heavy (non-hydrogen) atoms. The van der Waals surface area contributed by atoms with Gasteiger partial charge < -0.3 is 10.0 Å². The highest BCUT2D eigenvalue weighted by Gasteiger charge is 2.37. The molecular formula is C11H21NO4S. The van der Waals surface area contributed by atoms with Crippen LogP contribution < -0.4 is 0 Å². The Morgan fingerprint density at radius 3 is 2.47 bits per heavy atom. The third-order valence-corrected chi connectivity index (χ3v) is 5.48. The van der Waals surface area contributed by atoms with Gasteiger partial charge in [-0.05, 0) is 26.8 Å². The number of sulfone groups is 1. The van der Waals surface area contributed by atoms with Gasteiger partial charge in [0.15, 0.2) is 9.84 Å². The summed E-state index contributed by atoms with van der Waals surface area (Å²) in [6.45, 7) is 3.93. The number of hydrogen-bond donors (Lipinski definition) is 1. The van der Waals surface area contributed by atoms with E-state index in [0.29, 0.717) is 19.4 Å². The molecule has 100 valence electrons. The van der Waals surface area contributed by atoms with Crippen LogP contribution in [0.15, 0.2) is 0 Å². The van der Waals surface area contributed by atoms with Crippen LogP contribution in [0.4, 0.5) is 0 Å². The summed E-state index contributed by atoms with van der Waals surface area (Å²) in [7, 11) is -1.10. The van der Waals surface area contributed by atoms with Crippen LogP contribution in [0.1, 0.15) is 26.7 Å². The molecule has 0 aliphatic carbocycles. The second-order valence-electron chi connectivity index (χ2n) is 5.19. The normalized spacial score (nSPS) is 26.9. The summed E-state index contributed by atoms with van der Waals surface area (Å²) in [5.41, 5.74) is -0.804. The molecule has 0 saturated carbocycles. The predicted molar refractivity (Wildman–Crippen MR) is 65.7 cm³/mol. The Morgan fingerprint density at radius 2 is 2.12 bits per heavy atom. The van der Waals surface area contributed by atoms with Gasteiger partial charge >= 0.3 is 5.97 Å². The molecule has 2 unspecified atom stereocenters. The maximum atomic E-state index is 11.4. The molecule has 0 aromatic carbocycles. The van der Waals surface area contributed by atoms with Crippen molar-refractivity contribution in [2.45, 2.75) is 32.7 Å². The molecule has 1 aliphatic heterocycles. The van der Waals surface area contributed by atoms with Crippen molar-refractivity contribution in [3.8, 4) is 0 Å². The first-order valence-corrected chi connectivity index (χ1v) is 7.66. The highest BCUT2D eigenvalue weighted by Crippen LogP contribution is 2.25. The zero-order valence-corrected chi connectivity index (χ0v) is 11.5. The summed E-state index contributed by atoms with van der Waals surface area (Å²) < 4.78 is 22.7. The van der Waals surface area contributed by atoms with Crippen LogP contribution in [0.25, 0.3) is 0 Å². The van der Waals surface area contributed by atoms with E-state index in [-0.39, 0.29) is 17.5 Å². The topological polar surface area (TPSA) is 74.7 Å². The molecule has 1 saturated heterocycles. The van der Waals surface area contributed by atoms with Gasteiger partial charge in [0.2, 0.25) is 0 Å². The predicted octanol–water partition coefficient (Wildman–Crippen LogP) is 0.606. The molecule has 1 fully saturated rings. The first-order chi connectivity index (χ1) is 7.70. The Morgan fingerprint density at radius 1 is 1.53 bits per heavy atom. The second-order valence-corrected chi connectivity index (χ2v) is 7.42.